The molecular formula is C20H23N5O2. The van der Waals surface area contributed by atoms with Gasteiger partial charge in [-0.3, -0.25) is 9.80 Å². The predicted octanol–water partition coefficient (Wildman–Crippen LogP) is 1.81. The van der Waals surface area contributed by atoms with Crippen LogP contribution in [-0.4, -0.2) is 57.2 Å². The van der Waals surface area contributed by atoms with Crippen LogP contribution in [0.3, 0.4) is 0 Å². The molecule has 0 unspecified atom stereocenters. The Hall–Kier alpha value is -2.66. The van der Waals surface area contributed by atoms with Gasteiger partial charge in [0.2, 0.25) is 0 Å². The number of imidazole rings is 1. The molecule has 0 bridgehead atoms. The lowest BCUT2D eigenvalue weighted by atomic mass is 10.3. The van der Waals surface area contributed by atoms with Gasteiger partial charge < -0.3 is 14.1 Å². The van der Waals surface area contributed by atoms with Gasteiger partial charge >= 0.3 is 0 Å². The Balaban J connectivity index is 1.56. The smallest absolute Gasteiger partial charge is 0.129 e. The Morgan fingerprint density at radius 2 is 1.74 bits per heavy atom. The number of para-hydroxylation sites is 2. The first kappa shape index (κ1) is 17.7. The highest BCUT2D eigenvalue weighted by atomic mass is 16.4. The Kier molecular flexibility index (Phi) is 5.21. The lowest BCUT2D eigenvalue weighted by molar-refractivity contribution is 0.134. The van der Waals surface area contributed by atoms with Gasteiger partial charge in [-0.15, -0.1) is 0 Å². The van der Waals surface area contributed by atoms with Crippen LogP contribution < -0.4 is 0 Å². The molecular weight excluding hydrogens is 342 g/mol. The van der Waals surface area contributed by atoms with E-state index in [2.05, 4.69) is 26.5 Å². The first-order valence-corrected chi connectivity index (χ1v) is 9.21. The summed E-state index contributed by atoms with van der Waals surface area (Å²) >= 11 is 0. The van der Waals surface area contributed by atoms with Gasteiger partial charge in [-0.2, -0.15) is 5.26 Å². The van der Waals surface area contributed by atoms with Crippen LogP contribution in [0.5, 0.6) is 0 Å². The summed E-state index contributed by atoms with van der Waals surface area (Å²) in [4.78, 5) is 9.41. The average molecular weight is 365 g/mol. The fraction of sp³-hybridized carbons (Fsp3) is 0.400. The number of piperazine rings is 1. The molecule has 2 aromatic heterocycles. The lowest BCUT2D eigenvalue weighted by Gasteiger charge is -2.33. The fourth-order valence-corrected chi connectivity index (χ4v) is 3.58. The van der Waals surface area contributed by atoms with Gasteiger partial charge in [-0.25, -0.2) is 4.98 Å². The van der Waals surface area contributed by atoms with E-state index in [-0.39, 0.29) is 6.61 Å². The van der Waals surface area contributed by atoms with Gasteiger partial charge in [0, 0.05) is 26.2 Å². The molecule has 0 amide bonds. The maximum absolute atomic E-state index is 9.24. The van der Waals surface area contributed by atoms with Crippen LogP contribution >= 0.6 is 0 Å². The number of fused-ring (bicyclic) bond motifs is 1. The van der Waals surface area contributed by atoms with Crippen molar-refractivity contribution in [2.45, 2.75) is 19.7 Å². The lowest BCUT2D eigenvalue weighted by Crippen LogP contribution is -2.46. The highest BCUT2D eigenvalue weighted by molar-refractivity contribution is 5.76. The summed E-state index contributed by atoms with van der Waals surface area (Å²) in [5.41, 5.74) is 2.06. The van der Waals surface area contributed by atoms with Gasteiger partial charge in [0.25, 0.3) is 0 Å². The van der Waals surface area contributed by atoms with Crippen LogP contribution in [-0.2, 0) is 19.7 Å². The summed E-state index contributed by atoms with van der Waals surface area (Å²) in [6.07, 6.45) is 0. The quantitative estimate of drug-likeness (QED) is 0.671. The van der Waals surface area contributed by atoms with E-state index in [0.29, 0.717) is 18.8 Å². The third-order valence-electron chi connectivity index (χ3n) is 5.04. The second-order valence-electron chi connectivity index (χ2n) is 6.84. The number of aliphatic hydroxyl groups excluding tert-OH is 1. The number of nitriles is 1. The molecule has 0 saturated carbocycles. The van der Waals surface area contributed by atoms with E-state index in [1.807, 2.05) is 30.3 Å². The molecule has 1 saturated heterocycles. The Bertz CT molecular complexity index is 947. The molecule has 7 nitrogen and oxygen atoms in total. The van der Waals surface area contributed by atoms with E-state index in [1.54, 1.807) is 0 Å². The highest BCUT2D eigenvalue weighted by Gasteiger charge is 2.20. The van der Waals surface area contributed by atoms with Crippen molar-refractivity contribution in [2.24, 2.45) is 0 Å². The molecule has 0 spiro atoms. The Morgan fingerprint density at radius 1 is 1.00 bits per heavy atom. The minimum absolute atomic E-state index is 0.0927. The number of aromatic nitrogens is 2. The molecule has 0 aliphatic carbocycles. The molecule has 1 aliphatic rings. The molecule has 1 aliphatic heterocycles. The monoisotopic (exact) mass is 365 g/mol. The van der Waals surface area contributed by atoms with Crippen molar-refractivity contribution < 1.29 is 9.52 Å². The first-order chi connectivity index (χ1) is 13.3. The molecule has 0 radical (unpaired) electrons. The third kappa shape index (κ3) is 3.88. The molecule has 4 rings (SSSR count). The van der Waals surface area contributed by atoms with Crippen LogP contribution in [0.4, 0.5) is 0 Å². The zero-order valence-electron chi connectivity index (χ0n) is 15.2. The van der Waals surface area contributed by atoms with E-state index < -0.39 is 0 Å². The number of aliphatic hydroxyl groups is 1. The number of benzene rings is 1. The SMILES string of the molecule is N#CCN1CCN(Cc2nc3ccccc3n2Cc2ccc(CO)o2)CC1. The second-order valence-corrected chi connectivity index (χ2v) is 6.84. The van der Waals surface area contributed by atoms with Crippen LogP contribution in [0.25, 0.3) is 11.0 Å². The van der Waals surface area contributed by atoms with Gasteiger partial charge in [-0.1, -0.05) is 12.1 Å². The summed E-state index contributed by atoms with van der Waals surface area (Å²) < 4.78 is 7.88. The molecule has 140 valence electrons. The zero-order chi connectivity index (χ0) is 18.6. The molecule has 3 aromatic rings. The van der Waals surface area contributed by atoms with Gasteiger partial charge in [0.1, 0.15) is 24.0 Å². The van der Waals surface area contributed by atoms with Crippen LogP contribution in [0.1, 0.15) is 17.3 Å². The summed E-state index contributed by atoms with van der Waals surface area (Å²) in [6, 6.07) is 14.1. The van der Waals surface area contributed by atoms with E-state index in [0.717, 1.165) is 55.3 Å². The maximum atomic E-state index is 9.24. The maximum Gasteiger partial charge on any atom is 0.129 e. The zero-order valence-corrected chi connectivity index (χ0v) is 15.2. The molecule has 27 heavy (non-hydrogen) atoms. The van der Waals surface area contributed by atoms with Crippen LogP contribution in [0.2, 0.25) is 0 Å². The van der Waals surface area contributed by atoms with Crippen molar-refractivity contribution in [2.75, 3.05) is 32.7 Å². The van der Waals surface area contributed by atoms with Crippen molar-refractivity contribution in [3.05, 3.63) is 53.7 Å². The van der Waals surface area contributed by atoms with Gasteiger partial charge in [-0.05, 0) is 24.3 Å². The topological polar surface area (TPSA) is 81.5 Å². The summed E-state index contributed by atoms with van der Waals surface area (Å²) in [7, 11) is 0. The molecule has 1 fully saturated rings. The van der Waals surface area contributed by atoms with Crippen LogP contribution in [0, 0.1) is 11.3 Å². The van der Waals surface area contributed by atoms with Gasteiger partial charge in [0.05, 0.1) is 36.7 Å². The largest absolute Gasteiger partial charge is 0.462 e. The summed E-state index contributed by atoms with van der Waals surface area (Å²) in [5, 5.41) is 18.1. The van der Waals surface area contributed by atoms with Crippen molar-refractivity contribution >= 4 is 11.0 Å². The fourth-order valence-electron chi connectivity index (χ4n) is 3.58. The van der Waals surface area contributed by atoms with Crippen molar-refractivity contribution in [1.29, 1.82) is 5.26 Å². The van der Waals surface area contributed by atoms with Crippen molar-refractivity contribution in [3.8, 4) is 6.07 Å². The first-order valence-electron chi connectivity index (χ1n) is 9.21. The molecule has 7 heteroatoms. The van der Waals surface area contributed by atoms with E-state index in [4.69, 9.17) is 14.7 Å². The van der Waals surface area contributed by atoms with E-state index in [9.17, 15) is 5.11 Å². The molecule has 1 aromatic carbocycles. The number of hydrogen-bond donors (Lipinski definition) is 1. The van der Waals surface area contributed by atoms with E-state index >= 15 is 0 Å². The number of rotatable bonds is 6. The average Bonchev–Trinajstić information content (AvgIpc) is 3.29. The predicted molar refractivity (Wildman–Crippen MR) is 101 cm³/mol. The number of nitrogens with zero attached hydrogens (tertiary/aromatic N) is 5. The minimum Gasteiger partial charge on any atom is -0.462 e. The van der Waals surface area contributed by atoms with Crippen molar-refractivity contribution in [1.82, 2.24) is 19.4 Å². The second kappa shape index (κ2) is 7.92. The van der Waals surface area contributed by atoms with E-state index in [1.165, 1.54) is 0 Å². The molecule has 1 N–H and O–H groups in total. The molecule has 3 heterocycles. The number of furan rings is 1. The summed E-state index contributed by atoms with van der Waals surface area (Å²) in [5.74, 6) is 2.39. The Morgan fingerprint density at radius 3 is 2.48 bits per heavy atom. The Labute approximate surface area is 158 Å². The summed E-state index contributed by atoms with van der Waals surface area (Å²) in [6.45, 7) is 5.44. The minimum atomic E-state index is -0.0927. The third-order valence-corrected chi connectivity index (χ3v) is 5.04. The standard InChI is InChI=1S/C20H23N5O2/c21-7-8-23-9-11-24(12-10-23)14-20-22-18-3-1-2-4-19(18)25(20)13-16-5-6-17(15-26)27-16/h1-6,26H,8-15H2. The highest BCUT2D eigenvalue weighted by Crippen LogP contribution is 2.20. The normalized spacial score (nSPS) is 16.0. The van der Waals surface area contributed by atoms with Crippen molar-refractivity contribution in [3.63, 3.8) is 0 Å². The van der Waals surface area contributed by atoms with Gasteiger partial charge in [0.15, 0.2) is 0 Å². The number of hydrogen-bond acceptors (Lipinski definition) is 6. The van der Waals surface area contributed by atoms with Crippen LogP contribution in [0.15, 0.2) is 40.8 Å². The molecule has 0 atom stereocenters.